The van der Waals surface area contributed by atoms with Crippen molar-refractivity contribution in [3.8, 4) is 0 Å². The summed E-state index contributed by atoms with van der Waals surface area (Å²) in [5, 5.41) is 4.14. The number of hydrazine groups is 1. The second kappa shape index (κ2) is 5.26. The molecule has 0 aliphatic heterocycles. The summed E-state index contributed by atoms with van der Waals surface area (Å²) in [6, 6.07) is 6.29. The lowest BCUT2D eigenvalue weighted by atomic mass is 9.97. The van der Waals surface area contributed by atoms with Crippen molar-refractivity contribution in [3.63, 3.8) is 0 Å². The lowest BCUT2D eigenvalue weighted by Crippen LogP contribution is -2.32. The fourth-order valence-corrected chi connectivity index (χ4v) is 2.24. The van der Waals surface area contributed by atoms with E-state index in [0.717, 1.165) is 6.07 Å². The predicted octanol–water partition coefficient (Wildman–Crippen LogP) is 2.30. The zero-order valence-electron chi connectivity index (χ0n) is 11.1. The van der Waals surface area contributed by atoms with Crippen LogP contribution in [-0.4, -0.2) is 9.78 Å². The molecule has 2 rings (SSSR count). The molecule has 0 saturated heterocycles. The molecule has 1 aromatic carbocycles. The molecule has 0 radical (unpaired) electrons. The van der Waals surface area contributed by atoms with Crippen LogP contribution in [0.4, 0.5) is 13.2 Å². The molecule has 1 atom stereocenters. The maximum Gasteiger partial charge on any atom is 0.416 e. The van der Waals surface area contributed by atoms with Gasteiger partial charge in [0.1, 0.15) is 0 Å². The largest absolute Gasteiger partial charge is 0.416 e. The Kier molecular flexibility index (Phi) is 3.82. The van der Waals surface area contributed by atoms with Crippen molar-refractivity contribution in [1.29, 1.82) is 0 Å². The first-order chi connectivity index (χ1) is 9.34. The summed E-state index contributed by atoms with van der Waals surface area (Å²) in [6.45, 7) is 1.77. The number of benzene rings is 1. The summed E-state index contributed by atoms with van der Waals surface area (Å²) in [7, 11) is 1.67. The summed E-state index contributed by atoms with van der Waals surface area (Å²) in [4.78, 5) is 0. The second-order valence-corrected chi connectivity index (χ2v) is 4.52. The van der Waals surface area contributed by atoms with Crippen molar-refractivity contribution < 1.29 is 13.2 Å². The van der Waals surface area contributed by atoms with Crippen LogP contribution in [0.2, 0.25) is 0 Å². The molecule has 0 amide bonds. The first kappa shape index (κ1) is 14.5. The van der Waals surface area contributed by atoms with Crippen LogP contribution >= 0.6 is 0 Å². The summed E-state index contributed by atoms with van der Waals surface area (Å²) < 4.78 is 40.7. The Morgan fingerprint density at radius 2 is 1.95 bits per heavy atom. The molecule has 1 heterocycles. The molecule has 3 N–H and O–H groups in total. The van der Waals surface area contributed by atoms with E-state index in [1.165, 1.54) is 16.8 Å². The molecular weight excluding hydrogens is 269 g/mol. The standard InChI is InChI=1S/C13H15F3N4/c1-8-7-11(20(2)19-8)12(18-17)9-5-3-4-6-10(9)13(14,15)16/h3-7,12,18H,17H2,1-2H3. The minimum atomic E-state index is -4.43. The molecule has 0 aliphatic carbocycles. The lowest BCUT2D eigenvalue weighted by Gasteiger charge is -2.21. The number of hydrogen-bond donors (Lipinski definition) is 2. The zero-order chi connectivity index (χ0) is 14.9. The minimum Gasteiger partial charge on any atom is -0.271 e. The van der Waals surface area contributed by atoms with E-state index in [-0.39, 0.29) is 5.56 Å². The summed E-state index contributed by atoms with van der Waals surface area (Å²) in [5.41, 5.74) is 3.09. The molecule has 0 aliphatic rings. The molecule has 0 saturated carbocycles. The highest BCUT2D eigenvalue weighted by atomic mass is 19.4. The number of aryl methyl sites for hydroxylation is 2. The molecule has 1 unspecified atom stereocenters. The van der Waals surface area contributed by atoms with Gasteiger partial charge in [-0.25, -0.2) is 5.43 Å². The van der Waals surface area contributed by atoms with Gasteiger partial charge in [-0.05, 0) is 24.6 Å². The monoisotopic (exact) mass is 284 g/mol. The fourth-order valence-electron chi connectivity index (χ4n) is 2.24. The second-order valence-electron chi connectivity index (χ2n) is 4.52. The van der Waals surface area contributed by atoms with Crippen LogP contribution in [0.25, 0.3) is 0 Å². The van der Waals surface area contributed by atoms with E-state index in [1.807, 2.05) is 0 Å². The average Bonchev–Trinajstić information content (AvgIpc) is 2.69. The number of alkyl halides is 3. The number of nitrogens with two attached hydrogens (primary N) is 1. The molecule has 0 fully saturated rings. The van der Waals surface area contributed by atoms with Gasteiger partial charge >= 0.3 is 6.18 Å². The van der Waals surface area contributed by atoms with Crippen molar-refractivity contribution in [2.75, 3.05) is 0 Å². The third-order valence-corrected chi connectivity index (χ3v) is 3.08. The maximum atomic E-state index is 13.1. The van der Waals surface area contributed by atoms with Crippen molar-refractivity contribution in [3.05, 3.63) is 52.8 Å². The van der Waals surface area contributed by atoms with Crippen LogP contribution in [0.1, 0.15) is 28.6 Å². The molecular formula is C13H15F3N4. The molecule has 2 aromatic rings. The Balaban J connectivity index is 2.56. The fraction of sp³-hybridized carbons (Fsp3) is 0.308. The highest BCUT2D eigenvalue weighted by Gasteiger charge is 2.35. The van der Waals surface area contributed by atoms with Gasteiger partial charge in [0.2, 0.25) is 0 Å². The molecule has 108 valence electrons. The van der Waals surface area contributed by atoms with Crippen molar-refractivity contribution in [1.82, 2.24) is 15.2 Å². The van der Waals surface area contributed by atoms with Gasteiger partial charge in [0.25, 0.3) is 0 Å². The number of rotatable bonds is 3. The Morgan fingerprint density at radius 1 is 1.30 bits per heavy atom. The normalized spacial score (nSPS) is 13.5. The number of nitrogens with one attached hydrogen (secondary N) is 1. The Hall–Kier alpha value is -1.86. The van der Waals surface area contributed by atoms with E-state index in [4.69, 9.17) is 5.84 Å². The molecule has 7 heteroatoms. The van der Waals surface area contributed by atoms with Crippen LogP contribution < -0.4 is 11.3 Å². The van der Waals surface area contributed by atoms with Gasteiger partial charge in [0.15, 0.2) is 0 Å². The third-order valence-electron chi connectivity index (χ3n) is 3.08. The third kappa shape index (κ3) is 2.68. The zero-order valence-corrected chi connectivity index (χ0v) is 11.1. The van der Waals surface area contributed by atoms with Crippen molar-refractivity contribution in [2.45, 2.75) is 19.1 Å². The topological polar surface area (TPSA) is 55.9 Å². The summed E-state index contributed by atoms with van der Waals surface area (Å²) in [6.07, 6.45) is -4.43. The first-order valence-corrected chi connectivity index (χ1v) is 5.97. The Labute approximate surface area is 114 Å². The number of nitrogens with zero attached hydrogens (tertiary/aromatic N) is 2. The van der Waals surface area contributed by atoms with E-state index < -0.39 is 17.8 Å². The molecule has 20 heavy (non-hydrogen) atoms. The lowest BCUT2D eigenvalue weighted by molar-refractivity contribution is -0.138. The van der Waals surface area contributed by atoms with E-state index in [0.29, 0.717) is 11.4 Å². The van der Waals surface area contributed by atoms with Gasteiger partial charge < -0.3 is 0 Å². The van der Waals surface area contributed by atoms with Gasteiger partial charge in [0.05, 0.1) is 23.0 Å². The number of aromatic nitrogens is 2. The Morgan fingerprint density at radius 3 is 2.45 bits per heavy atom. The average molecular weight is 284 g/mol. The first-order valence-electron chi connectivity index (χ1n) is 5.97. The van der Waals surface area contributed by atoms with Crippen LogP contribution in [0.5, 0.6) is 0 Å². The molecule has 0 spiro atoms. The van der Waals surface area contributed by atoms with Crippen molar-refractivity contribution in [2.24, 2.45) is 12.9 Å². The van der Waals surface area contributed by atoms with Gasteiger partial charge in [-0.3, -0.25) is 10.5 Å². The summed E-state index contributed by atoms with van der Waals surface area (Å²) >= 11 is 0. The highest BCUT2D eigenvalue weighted by molar-refractivity contribution is 5.37. The molecule has 0 bridgehead atoms. The minimum absolute atomic E-state index is 0.0745. The Bertz CT molecular complexity index is 604. The van der Waals surface area contributed by atoms with Crippen LogP contribution in [0, 0.1) is 6.92 Å². The smallest absolute Gasteiger partial charge is 0.271 e. The van der Waals surface area contributed by atoms with Gasteiger partial charge in [-0.15, -0.1) is 0 Å². The van der Waals surface area contributed by atoms with E-state index in [2.05, 4.69) is 10.5 Å². The van der Waals surface area contributed by atoms with Crippen LogP contribution in [0.15, 0.2) is 30.3 Å². The number of hydrogen-bond acceptors (Lipinski definition) is 3. The highest BCUT2D eigenvalue weighted by Crippen LogP contribution is 2.36. The molecule has 4 nitrogen and oxygen atoms in total. The van der Waals surface area contributed by atoms with E-state index >= 15 is 0 Å². The van der Waals surface area contributed by atoms with Gasteiger partial charge in [-0.1, -0.05) is 18.2 Å². The molecule has 1 aromatic heterocycles. The SMILES string of the molecule is Cc1cc(C(NN)c2ccccc2C(F)(F)F)n(C)n1. The maximum absolute atomic E-state index is 13.1. The van der Waals surface area contributed by atoms with E-state index in [1.54, 1.807) is 26.1 Å². The predicted molar refractivity (Wildman–Crippen MR) is 68.6 cm³/mol. The van der Waals surface area contributed by atoms with Gasteiger partial charge in [0, 0.05) is 7.05 Å². The number of halogens is 3. The van der Waals surface area contributed by atoms with Crippen LogP contribution in [-0.2, 0) is 13.2 Å². The summed E-state index contributed by atoms with van der Waals surface area (Å²) in [5.74, 6) is 5.47. The van der Waals surface area contributed by atoms with Gasteiger partial charge in [-0.2, -0.15) is 18.3 Å². The quantitative estimate of drug-likeness (QED) is 0.671. The van der Waals surface area contributed by atoms with E-state index in [9.17, 15) is 13.2 Å². The van der Waals surface area contributed by atoms with Crippen molar-refractivity contribution >= 4 is 0 Å². The van der Waals surface area contributed by atoms with Crippen LogP contribution in [0.3, 0.4) is 0 Å².